The summed E-state index contributed by atoms with van der Waals surface area (Å²) in [5.74, 6) is 0.720. The molecular weight excluding hydrogens is 342 g/mol. The van der Waals surface area contributed by atoms with Crippen molar-refractivity contribution in [3.63, 3.8) is 0 Å². The Balaban J connectivity index is 1.84. The summed E-state index contributed by atoms with van der Waals surface area (Å²) in [4.78, 5) is 8.53. The SMILES string of the molecule is COc1cc(O)c(CNc2nc(NCC(C)O)nc3[nH]nnc23)cc1O. The number of rotatable bonds is 7. The molecule has 0 radical (unpaired) electrons. The monoisotopic (exact) mass is 361 g/mol. The van der Waals surface area contributed by atoms with Crippen LogP contribution in [0.25, 0.3) is 11.2 Å². The molecule has 26 heavy (non-hydrogen) atoms. The first-order valence-corrected chi connectivity index (χ1v) is 7.81. The first-order chi connectivity index (χ1) is 12.5. The van der Waals surface area contributed by atoms with Crippen molar-refractivity contribution in [1.29, 1.82) is 0 Å². The number of phenols is 2. The molecule has 1 unspecified atom stereocenters. The highest BCUT2D eigenvalue weighted by Gasteiger charge is 2.14. The third kappa shape index (κ3) is 3.67. The fourth-order valence-electron chi connectivity index (χ4n) is 2.28. The van der Waals surface area contributed by atoms with Crippen LogP contribution in [-0.4, -0.2) is 60.5 Å². The third-order valence-electron chi connectivity index (χ3n) is 3.57. The Bertz CT molecular complexity index is 912. The van der Waals surface area contributed by atoms with Gasteiger partial charge in [-0.25, -0.2) is 5.10 Å². The summed E-state index contributed by atoms with van der Waals surface area (Å²) >= 11 is 0. The standard InChI is InChI=1S/C15H19N7O4/c1-7(23)5-17-15-18-13(12-14(19-15)21-22-20-12)16-6-8-3-10(25)11(26-2)4-9(8)24/h3-4,7,23-25H,5-6H2,1-2H3,(H3,16,17,18,19,20,21,22). The Kier molecular flexibility index (Phi) is 4.89. The fraction of sp³-hybridized carbons (Fsp3) is 0.333. The molecular formula is C15H19N7O4. The van der Waals surface area contributed by atoms with Gasteiger partial charge in [-0.05, 0) is 13.0 Å². The fourth-order valence-corrected chi connectivity index (χ4v) is 2.28. The van der Waals surface area contributed by atoms with Crippen molar-refractivity contribution >= 4 is 22.9 Å². The number of benzene rings is 1. The van der Waals surface area contributed by atoms with E-state index in [4.69, 9.17) is 4.74 Å². The van der Waals surface area contributed by atoms with E-state index in [0.717, 1.165) is 0 Å². The molecule has 11 heteroatoms. The molecule has 0 amide bonds. The number of aromatic hydroxyl groups is 2. The molecule has 0 bridgehead atoms. The van der Waals surface area contributed by atoms with Gasteiger partial charge in [-0.3, -0.25) is 0 Å². The molecule has 0 saturated carbocycles. The van der Waals surface area contributed by atoms with E-state index in [0.29, 0.717) is 22.5 Å². The van der Waals surface area contributed by atoms with Crippen LogP contribution in [0.4, 0.5) is 11.8 Å². The first-order valence-electron chi connectivity index (χ1n) is 7.81. The maximum Gasteiger partial charge on any atom is 0.226 e. The van der Waals surface area contributed by atoms with E-state index in [-0.39, 0.29) is 36.3 Å². The number of ether oxygens (including phenoxy) is 1. The highest BCUT2D eigenvalue weighted by Crippen LogP contribution is 2.33. The van der Waals surface area contributed by atoms with Crippen molar-refractivity contribution in [3.05, 3.63) is 17.7 Å². The van der Waals surface area contributed by atoms with Gasteiger partial charge in [0.2, 0.25) is 5.95 Å². The number of nitrogens with one attached hydrogen (secondary N) is 3. The van der Waals surface area contributed by atoms with Crippen molar-refractivity contribution in [2.45, 2.75) is 19.6 Å². The lowest BCUT2D eigenvalue weighted by molar-refractivity contribution is 0.208. The summed E-state index contributed by atoms with van der Waals surface area (Å²) in [5.41, 5.74) is 1.28. The van der Waals surface area contributed by atoms with Gasteiger partial charge in [-0.1, -0.05) is 5.21 Å². The average molecular weight is 361 g/mol. The van der Waals surface area contributed by atoms with Crippen LogP contribution in [0.2, 0.25) is 0 Å². The van der Waals surface area contributed by atoms with Crippen LogP contribution >= 0.6 is 0 Å². The first kappa shape index (κ1) is 17.5. The zero-order chi connectivity index (χ0) is 18.7. The minimum absolute atomic E-state index is 0.0370. The second kappa shape index (κ2) is 7.27. The van der Waals surface area contributed by atoms with E-state index < -0.39 is 6.10 Å². The molecule has 0 aliphatic rings. The molecule has 1 aromatic carbocycles. The predicted octanol–water partition coefficient (Wildman–Crippen LogP) is 0.572. The van der Waals surface area contributed by atoms with Gasteiger partial charge in [0.05, 0.1) is 13.2 Å². The highest BCUT2D eigenvalue weighted by molar-refractivity contribution is 5.83. The third-order valence-corrected chi connectivity index (χ3v) is 3.57. The number of aliphatic hydroxyl groups excluding tert-OH is 1. The lowest BCUT2D eigenvalue weighted by atomic mass is 10.1. The Morgan fingerprint density at radius 3 is 2.73 bits per heavy atom. The van der Waals surface area contributed by atoms with E-state index in [2.05, 4.69) is 36.0 Å². The van der Waals surface area contributed by atoms with Crippen LogP contribution < -0.4 is 15.4 Å². The minimum atomic E-state index is -0.565. The molecule has 0 saturated heterocycles. The van der Waals surface area contributed by atoms with Crippen molar-refractivity contribution in [3.8, 4) is 17.2 Å². The number of phenolic OH excluding ortho intramolecular Hbond substituents is 2. The lowest BCUT2D eigenvalue weighted by Gasteiger charge is -2.12. The van der Waals surface area contributed by atoms with Crippen LogP contribution in [-0.2, 0) is 6.54 Å². The number of H-pyrrole nitrogens is 1. The highest BCUT2D eigenvalue weighted by atomic mass is 16.5. The summed E-state index contributed by atoms with van der Waals surface area (Å²) in [6, 6.07) is 2.72. The average Bonchev–Trinajstić information content (AvgIpc) is 3.08. The van der Waals surface area contributed by atoms with Gasteiger partial charge in [0, 0.05) is 24.7 Å². The van der Waals surface area contributed by atoms with Gasteiger partial charge in [0.1, 0.15) is 5.75 Å². The van der Waals surface area contributed by atoms with E-state index in [1.165, 1.54) is 19.2 Å². The van der Waals surface area contributed by atoms with Gasteiger partial charge >= 0.3 is 0 Å². The second-order valence-electron chi connectivity index (χ2n) is 5.64. The van der Waals surface area contributed by atoms with Crippen molar-refractivity contribution in [2.75, 3.05) is 24.3 Å². The zero-order valence-electron chi connectivity index (χ0n) is 14.2. The molecule has 0 fully saturated rings. The molecule has 3 aromatic rings. The molecule has 0 aliphatic heterocycles. The summed E-state index contributed by atoms with van der Waals surface area (Å²) < 4.78 is 4.95. The van der Waals surface area contributed by atoms with Gasteiger partial charge in [-0.2, -0.15) is 9.97 Å². The number of methoxy groups -OCH3 is 1. The molecule has 2 heterocycles. The van der Waals surface area contributed by atoms with Crippen LogP contribution in [0.5, 0.6) is 17.2 Å². The Morgan fingerprint density at radius 1 is 1.19 bits per heavy atom. The van der Waals surface area contributed by atoms with Crippen LogP contribution in [0.1, 0.15) is 12.5 Å². The van der Waals surface area contributed by atoms with Crippen molar-refractivity contribution in [2.24, 2.45) is 0 Å². The Labute approximate surface area is 148 Å². The minimum Gasteiger partial charge on any atom is -0.507 e. The largest absolute Gasteiger partial charge is 0.507 e. The molecule has 3 rings (SSSR count). The van der Waals surface area contributed by atoms with E-state index in [1.54, 1.807) is 6.92 Å². The van der Waals surface area contributed by atoms with E-state index in [9.17, 15) is 15.3 Å². The Hall–Kier alpha value is -3.34. The van der Waals surface area contributed by atoms with Crippen LogP contribution in [0, 0.1) is 0 Å². The number of nitrogens with zero attached hydrogens (tertiary/aromatic N) is 4. The summed E-state index contributed by atoms with van der Waals surface area (Å²) in [5, 5.41) is 45.5. The summed E-state index contributed by atoms with van der Waals surface area (Å²) in [6.45, 7) is 2.08. The molecule has 0 aliphatic carbocycles. The molecule has 138 valence electrons. The van der Waals surface area contributed by atoms with Gasteiger partial charge in [0.25, 0.3) is 0 Å². The topological polar surface area (TPSA) is 161 Å². The van der Waals surface area contributed by atoms with Gasteiger partial charge < -0.3 is 30.7 Å². The molecule has 6 N–H and O–H groups in total. The molecule has 1 atom stereocenters. The normalized spacial score (nSPS) is 12.1. The number of hydrogen-bond acceptors (Lipinski definition) is 10. The maximum absolute atomic E-state index is 10.1. The maximum atomic E-state index is 10.1. The number of hydrogen-bond donors (Lipinski definition) is 6. The number of anilines is 2. The smallest absolute Gasteiger partial charge is 0.226 e. The lowest BCUT2D eigenvalue weighted by Crippen LogP contribution is -2.17. The predicted molar refractivity (Wildman–Crippen MR) is 93.3 cm³/mol. The summed E-state index contributed by atoms with van der Waals surface area (Å²) in [6.07, 6.45) is -0.565. The number of aliphatic hydroxyl groups is 1. The molecule has 11 nitrogen and oxygen atoms in total. The molecule has 0 spiro atoms. The number of fused-ring (bicyclic) bond motifs is 1. The summed E-state index contributed by atoms with van der Waals surface area (Å²) in [7, 11) is 1.40. The van der Waals surface area contributed by atoms with Crippen molar-refractivity contribution in [1.82, 2.24) is 25.4 Å². The van der Waals surface area contributed by atoms with E-state index >= 15 is 0 Å². The number of aromatic nitrogens is 5. The van der Waals surface area contributed by atoms with Gasteiger partial charge in [0.15, 0.2) is 28.5 Å². The van der Waals surface area contributed by atoms with Crippen LogP contribution in [0.3, 0.4) is 0 Å². The van der Waals surface area contributed by atoms with Crippen LogP contribution in [0.15, 0.2) is 12.1 Å². The van der Waals surface area contributed by atoms with E-state index in [1.807, 2.05) is 0 Å². The van der Waals surface area contributed by atoms with Gasteiger partial charge in [-0.15, -0.1) is 5.10 Å². The van der Waals surface area contributed by atoms with Crippen molar-refractivity contribution < 1.29 is 20.1 Å². The quantitative estimate of drug-likeness (QED) is 0.328. The second-order valence-corrected chi connectivity index (χ2v) is 5.64. The zero-order valence-corrected chi connectivity index (χ0v) is 14.2. The number of aromatic amines is 1. The molecule has 2 aromatic heterocycles. The Morgan fingerprint density at radius 2 is 2.00 bits per heavy atom.